The Morgan fingerprint density at radius 1 is 1.04 bits per heavy atom. The molecule has 0 saturated heterocycles. The molecule has 1 aromatic heterocycles. The lowest BCUT2D eigenvalue weighted by Crippen LogP contribution is -2.16. The lowest BCUT2D eigenvalue weighted by Gasteiger charge is -2.09. The van der Waals surface area contributed by atoms with Gasteiger partial charge in [0.15, 0.2) is 5.82 Å². The molecule has 0 saturated carbocycles. The van der Waals surface area contributed by atoms with Crippen molar-refractivity contribution in [1.29, 1.82) is 0 Å². The molecule has 0 atom stereocenters. The van der Waals surface area contributed by atoms with Crippen LogP contribution in [-0.4, -0.2) is 30.6 Å². The van der Waals surface area contributed by atoms with Gasteiger partial charge in [0, 0.05) is 11.8 Å². The van der Waals surface area contributed by atoms with E-state index in [4.69, 9.17) is 9.63 Å². The first-order valence-electron chi connectivity index (χ1n) is 7.96. The molecule has 28 heavy (non-hydrogen) atoms. The first-order chi connectivity index (χ1) is 13.3. The van der Waals surface area contributed by atoms with E-state index >= 15 is 0 Å². The second-order valence-electron chi connectivity index (χ2n) is 5.76. The number of nitrogens with zero attached hydrogens (tertiary/aromatic N) is 1. The van der Waals surface area contributed by atoms with Gasteiger partial charge in [-0.1, -0.05) is 17.3 Å². The van der Waals surface area contributed by atoms with E-state index < -0.39 is 21.9 Å². The van der Waals surface area contributed by atoms with Crippen molar-refractivity contribution in [3.05, 3.63) is 71.5 Å². The van der Waals surface area contributed by atoms with Crippen molar-refractivity contribution in [3.8, 4) is 0 Å². The molecule has 144 valence electrons. The molecule has 0 fully saturated rings. The minimum absolute atomic E-state index is 0.00485. The van der Waals surface area contributed by atoms with Gasteiger partial charge in [0.2, 0.25) is 0 Å². The third kappa shape index (κ3) is 4.18. The molecule has 9 nitrogen and oxygen atoms in total. The number of hydrogen-bond donors (Lipinski definition) is 3. The number of benzene rings is 2. The van der Waals surface area contributed by atoms with Crippen molar-refractivity contribution < 1.29 is 27.6 Å². The van der Waals surface area contributed by atoms with Crippen LogP contribution in [0.4, 0.5) is 11.5 Å². The number of sulfonamides is 1. The van der Waals surface area contributed by atoms with Crippen LogP contribution < -0.4 is 10.0 Å². The van der Waals surface area contributed by atoms with Crippen LogP contribution in [0.25, 0.3) is 0 Å². The second kappa shape index (κ2) is 7.53. The number of carbonyl (C=O) groups excluding carboxylic acids is 1. The van der Waals surface area contributed by atoms with E-state index in [9.17, 15) is 18.0 Å². The molecule has 0 aliphatic rings. The summed E-state index contributed by atoms with van der Waals surface area (Å²) in [4.78, 5) is 23.5. The predicted octanol–water partition coefficient (Wildman–Crippen LogP) is 2.73. The van der Waals surface area contributed by atoms with Crippen molar-refractivity contribution in [2.75, 3.05) is 10.0 Å². The SMILES string of the molecule is Cc1cc(NS(=O)(=O)c2ccc(NC(=O)c3ccccc3C(=O)O)cc2)no1. The number of aryl methyl sites for hydroxylation is 1. The van der Waals surface area contributed by atoms with Crippen LogP contribution in [0.1, 0.15) is 26.5 Å². The molecule has 0 unspecified atom stereocenters. The third-order valence-corrected chi connectivity index (χ3v) is 5.06. The van der Waals surface area contributed by atoms with E-state index in [2.05, 4.69) is 15.2 Å². The minimum Gasteiger partial charge on any atom is -0.478 e. The zero-order valence-electron chi connectivity index (χ0n) is 14.5. The monoisotopic (exact) mass is 401 g/mol. The number of carboxylic acids is 1. The number of carboxylic acid groups (broad SMARTS) is 1. The average Bonchev–Trinajstić information content (AvgIpc) is 3.06. The smallest absolute Gasteiger partial charge is 0.336 e. The van der Waals surface area contributed by atoms with Crippen molar-refractivity contribution in [1.82, 2.24) is 5.16 Å². The van der Waals surface area contributed by atoms with Gasteiger partial charge >= 0.3 is 5.97 Å². The van der Waals surface area contributed by atoms with Gasteiger partial charge in [0.05, 0.1) is 16.0 Å². The molecule has 1 amide bonds. The normalized spacial score (nSPS) is 11.0. The Morgan fingerprint density at radius 3 is 2.25 bits per heavy atom. The maximum atomic E-state index is 12.3. The highest BCUT2D eigenvalue weighted by atomic mass is 32.2. The van der Waals surface area contributed by atoms with Crippen molar-refractivity contribution in [2.45, 2.75) is 11.8 Å². The fourth-order valence-corrected chi connectivity index (χ4v) is 3.38. The Balaban J connectivity index is 1.76. The van der Waals surface area contributed by atoms with Crippen LogP contribution in [0.5, 0.6) is 0 Å². The minimum atomic E-state index is -3.88. The summed E-state index contributed by atoms with van der Waals surface area (Å²) in [5.74, 6) is -1.33. The summed E-state index contributed by atoms with van der Waals surface area (Å²) in [7, 11) is -3.88. The van der Waals surface area contributed by atoms with Crippen molar-refractivity contribution >= 4 is 33.4 Å². The molecule has 0 spiro atoms. The molecule has 3 rings (SSSR count). The molecule has 0 aliphatic heterocycles. The molecular formula is C18H15N3O6S. The van der Waals surface area contributed by atoms with Gasteiger partial charge in [-0.3, -0.25) is 9.52 Å². The zero-order chi connectivity index (χ0) is 20.3. The number of carbonyl (C=O) groups is 2. The summed E-state index contributed by atoms with van der Waals surface area (Å²) in [5.41, 5.74) is 0.169. The van der Waals surface area contributed by atoms with Gasteiger partial charge in [-0.05, 0) is 43.3 Å². The van der Waals surface area contributed by atoms with Gasteiger partial charge in [0.1, 0.15) is 5.76 Å². The molecule has 0 bridgehead atoms. The fraction of sp³-hybridized carbons (Fsp3) is 0.0556. The maximum Gasteiger partial charge on any atom is 0.336 e. The lowest BCUT2D eigenvalue weighted by molar-refractivity contribution is 0.0692. The molecule has 2 aromatic carbocycles. The first kappa shape index (κ1) is 19.1. The molecule has 3 N–H and O–H groups in total. The van der Waals surface area contributed by atoms with Crippen molar-refractivity contribution in [2.24, 2.45) is 0 Å². The second-order valence-corrected chi connectivity index (χ2v) is 7.44. The Hall–Kier alpha value is -3.66. The van der Waals surface area contributed by atoms with E-state index in [0.717, 1.165) is 0 Å². The summed E-state index contributed by atoms with van der Waals surface area (Å²) in [6, 6.07) is 12.6. The van der Waals surface area contributed by atoms with Gasteiger partial charge in [-0.25, -0.2) is 13.2 Å². The zero-order valence-corrected chi connectivity index (χ0v) is 15.4. The van der Waals surface area contributed by atoms with Crippen LogP contribution in [0.15, 0.2) is 64.0 Å². The number of anilines is 2. The molecule has 10 heteroatoms. The molecule has 1 heterocycles. The number of hydrogen-bond acceptors (Lipinski definition) is 6. The van der Waals surface area contributed by atoms with Gasteiger partial charge in [-0.15, -0.1) is 0 Å². The Morgan fingerprint density at radius 2 is 1.68 bits per heavy atom. The Kier molecular flexibility index (Phi) is 5.14. The summed E-state index contributed by atoms with van der Waals surface area (Å²) in [6.45, 7) is 1.63. The quantitative estimate of drug-likeness (QED) is 0.577. The number of aromatic nitrogens is 1. The predicted molar refractivity (Wildman–Crippen MR) is 99.8 cm³/mol. The van der Waals surface area contributed by atoms with Gasteiger partial charge in [0.25, 0.3) is 15.9 Å². The topological polar surface area (TPSA) is 139 Å². The van der Waals surface area contributed by atoms with Crippen LogP contribution >= 0.6 is 0 Å². The molecule has 0 aliphatic carbocycles. The highest BCUT2D eigenvalue weighted by molar-refractivity contribution is 7.92. The largest absolute Gasteiger partial charge is 0.478 e. The van der Waals surface area contributed by atoms with Gasteiger partial charge < -0.3 is 14.9 Å². The van der Waals surface area contributed by atoms with Crippen LogP contribution in [0, 0.1) is 6.92 Å². The third-order valence-electron chi connectivity index (χ3n) is 3.69. The number of rotatable bonds is 6. The van der Waals surface area contributed by atoms with E-state index in [0.29, 0.717) is 11.4 Å². The van der Waals surface area contributed by atoms with Crippen molar-refractivity contribution in [3.63, 3.8) is 0 Å². The summed E-state index contributed by atoms with van der Waals surface area (Å²) >= 11 is 0. The summed E-state index contributed by atoms with van der Waals surface area (Å²) in [6.07, 6.45) is 0. The average molecular weight is 401 g/mol. The van der Waals surface area contributed by atoms with E-state index in [1.807, 2.05) is 0 Å². The summed E-state index contributed by atoms with van der Waals surface area (Å²) in [5, 5.41) is 15.3. The fourth-order valence-electron chi connectivity index (χ4n) is 2.39. The first-order valence-corrected chi connectivity index (χ1v) is 9.44. The maximum absolute atomic E-state index is 12.3. The van der Waals surface area contributed by atoms with E-state index in [-0.39, 0.29) is 21.8 Å². The van der Waals surface area contributed by atoms with Crippen LogP contribution in [0.2, 0.25) is 0 Å². The van der Waals surface area contributed by atoms with E-state index in [1.54, 1.807) is 13.0 Å². The lowest BCUT2D eigenvalue weighted by atomic mass is 10.1. The van der Waals surface area contributed by atoms with Crippen LogP contribution in [-0.2, 0) is 10.0 Å². The highest BCUT2D eigenvalue weighted by Gasteiger charge is 2.18. The summed E-state index contributed by atoms with van der Waals surface area (Å²) < 4.78 is 31.8. The molecule has 3 aromatic rings. The number of nitrogens with one attached hydrogen (secondary N) is 2. The Labute approximate surface area is 160 Å². The van der Waals surface area contributed by atoms with E-state index in [1.165, 1.54) is 48.5 Å². The Bertz CT molecular complexity index is 1140. The number of aromatic carboxylic acids is 1. The van der Waals surface area contributed by atoms with Crippen LogP contribution in [0.3, 0.4) is 0 Å². The molecular weight excluding hydrogens is 386 g/mol. The van der Waals surface area contributed by atoms with Gasteiger partial charge in [-0.2, -0.15) is 0 Å². The highest BCUT2D eigenvalue weighted by Crippen LogP contribution is 2.19. The molecule has 0 radical (unpaired) electrons. The standard InChI is InChI=1S/C18H15N3O6S/c1-11-10-16(20-27-11)21-28(25,26)13-8-6-12(7-9-13)19-17(22)14-4-2-3-5-15(14)18(23)24/h2-10H,1H3,(H,19,22)(H,20,21)(H,23,24). The number of amides is 1.